The second-order valence-electron chi connectivity index (χ2n) is 4.73. The van der Waals surface area contributed by atoms with E-state index in [-0.39, 0.29) is 5.91 Å². The van der Waals surface area contributed by atoms with Crippen LogP contribution in [0.15, 0.2) is 48.7 Å². The average molecular weight is 367 g/mol. The molecule has 0 saturated carbocycles. The van der Waals surface area contributed by atoms with E-state index >= 15 is 0 Å². The lowest BCUT2D eigenvalue weighted by molar-refractivity contribution is 0.0962. The Hall–Kier alpha value is -2.01. The van der Waals surface area contributed by atoms with Crippen LogP contribution in [0.25, 0.3) is 10.9 Å². The summed E-state index contributed by atoms with van der Waals surface area (Å²) >= 11 is 17.7. The first-order valence-corrected chi connectivity index (χ1v) is 7.73. The van der Waals surface area contributed by atoms with Crippen molar-refractivity contribution in [2.24, 2.45) is 0 Å². The van der Waals surface area contributed by atoms with Crippen molar-refractivity contribution in [3.63, 3.8) is 0 Å². The molecule has 23 heavy (non-hydrogen) atoms. The summed E-state index contributed by atoms with van der Waals surface area (Å²) in [6, 6.07) is 11.8. The van der Waals surface area contributed by atoms with Crippen molar-refractivity contribution in [1.82, 2.24) is 10.4 Å². The van der Waals surface area contributed by atoms with Gasteiger partial charge in [-0.05, 0) is 42.5 Å². The third kappa shape index (κ3) is 3.50. The summed E-state index contributed by atoms with van der Waals surface area (Å²) in [4.78, 5) is 16.4. The number of carbonyl (C=O) groups excluding carboxylic acids is 1. The van der Waals surface area contributed by atoms with Crippen molar-refractivity contribution in [2.75, 3.05) is 5.43 Å². The molecule has 2 N–H and O–H groups in total. The number of amides is 1. The number of aromatic nitrogens is 1. The Balaban J connectivity index is 1.80. The minimum atomic E-state index is -0.331. The van der Waals surface area contributed by atoms with Gasteiger partial charge in [0.2, 0.25) is 0 Å². The quantitative estimate of drug-likeness (QED) is 0.645. The zero-order valence-corrected chi connectivity index (χ0v) is 13.9. The molecule has 4 nitrogen and oxygen atoms in total. The van der Waals surface area contributed by atoms with Crippen molar-refractivity contribution in [3.05, 3.63) is 69.3 Å². The van der Waals surface area contributed by atoms with E-state index < -0.39 is 0 Å². The van der Waals surface area contributed by atoms with Crippen LogP contribution in [0.3, 0.4) is 0 Å². The molecule has 1 amide bonds. The van der Waals surface area contributed by atoms with E-state index in [1.807, 2.05) is 6.07 Å². The predicted molar refractivity (Wildman–Crippen MR) is 94.3 cm³/mol. The Morgan fingerprint density at radius 1 is 0.957 bits per heavy atom. The lowest BCUT2D eigenvalue weighted by Crippen LogP contribution is -2.29. The van der Waals surface area contributed by atoms with Crippen molar-refractivity contribution in [2.45, 2.75) is 0 Å². The number of carbonyl (C=O) groups is 1. The highest BCUT2D eigenvalue weighted by molar-refractivity contribution is 6.42. The highest BCUT2D eigenvalue weighted by Gasteiger charge is 2.09. The number of halogens is 3. The maximum absolute atomic E-state index is 12.2. The number of benzene rings is 2. The van der Waals surface area contributed by atoms with Gasteiger partial charge < -0.3 is 0 Å². The fourth-order valence-electron chi connectivity index (χ4n) is 2.06. The van der Waals surface area contributed by atoms with Gasteiger partial charge in [0.1, 0.15) is 0 Å². The molecule has 1 aromatic heterocycles. The molecule has 0 unspecified atom stereocenters. The molecule has 116 valence electrons. The summed E-state index contributed by atoms with van der Waals surface area (Å²) in [6.45, 7) is 0. The molecule has 0 radical (unpaired) electrons. The van der Waals surface area contributed by atoms with E-state index in [0.717, 1.165) is 10.9 Å². The summed E-state index contributed by atoms with van der Waals surface area (Å²) in [5, 5.41) is 2.16. The zero-order valence-electron chi connectivity index (χ0n) is 11.6. The van der Waals surface area contributed by atoms with Crippen molar-refractivity contribution < 1.29 is 4.79 Å². The minimum absolute atomic E-state index is 0.323. The van der Waals surface area contributed by atoms with Crippen LogP contribution in [-0.4, -0.2) is 10.9 Å². The largest absolute Gasteiger partial charge is 0.298 e. The Kier molecular flexibility index (Phi) is 4.57. The van der Waals surface area contributed by atoms with Gasteiger partial charge in [0.05, 0.1) is 21.2 Å². The summed E-state index contributed by atoms with van der Waals surface area (Å²) in [5.41, 5.74) is 7.33. The van der Waals surface area contributed by atoms with Gasteiger partial charge in [0.15, 0.2) is 0 Å². The molecule has 0 aliphatic rings. The molecule has 1 heterocycles. The predicted octanol–water partition coefficient (Wildman–Crippen LogP) is 4.95. The second kappa shape index (κ2) is 6.62. The number of anilines is 1. The molecule has 2 aromatic carbocycles. The number of pyridine rings is 1. The van der Waals surface area contributed by atoms with Crippen LogP contribution in [0.4, 0.5) is 5.69 Å². The molecule has 3 rings (SSSR count). The highest BCUT2D eigenvalue weighted by atomic mass is 35.5. The number of fused-ring (bicyclic) bond motifs is 1. The molecule has 7 heteroatoms. The minimum Gasteiger partial charge on any atom is -0.298 e. The van der Waals surface area contributed by atoms with Crippen molar-refractivity contribution in [1.29, 1.82) is 0 Å². The van der Waals surface area contributed by atoms with Crippen molar-refractivity contribution >= 4 is 57.3 Å². The molecule has 0 aliphatic carbocycles. The first-order valence-electron chi connectivity index (χ1n) is 6.60. The number of rotatable bonds is 3. The van der Waals surface area contributed by atoms with Crippen LogP contribution < -0.4 is 10.9 Å². The van der Waals surface area contributed by atoms with Crippen LogP contribution in [0.5, 0.6) is 0 Å². The fraction of sp³-hybridized carbons (Fsp3) is 0. The lowest BCUT2D eigenvalue weighted by Gasteiger charge is -2.11. The standard InChI is InChI=1S/C16H10Cl3N3O/c17-10-2-3-11-14(5-6-20-15(11)8-10)21-22-16(23)9-1-4-12(18)13(19)7-9/h1-8H,(H,20,21)(H,22,23). The van der Waals surface area contributed by atoms with Gasteiger partial charge in [-0.25, -0.2) is 0 Å². The van der Waals surface area contributed by atoms with Crippen LogP contribution in [0.2, 0.25) is 15.1 Å². The zero-order chi connectivity index (χ0) is 16.4. The van der Waals surface area contributed by atoms with Crippen LogP contribution in [0, 0.1) is 0 Å². The molecule has 0 fully saturated rings. The van der Waals surface area contributed by atoms with Gasteiger partial charge in [0, 0.05) is 22.2 Å². The van der Waals surface area contributed by atoms with E-state index in [9.17, 15) is 4.79 Å². The third-order valence-electron chi connectivity index (χ3n) is 3.20. The normalized spacial score (nSPS) is 10.6. The first kappa shape index (κ1) is 15.9. The van der Waals surface area contributed by atoms with Gasteiger partial charge in [-0.1, -0.05) is 34.8 Å². The highest BCUT2D eigenvalue weighted by Crippen LogP contribution is 2.24. The summed E-state index contributed by atoms with van der Waals surface area (Å²) in [5.74, 6) is -0.331. The van der Waals surface area contributed by atoms with Crippen LogP contribution >= 0.6 is 34.8 Å². The van der Waals surface area contributed by atoms with E-state index in [1.165, 1.54) is 6.07 Å². The molecule has 0 spiro atoms. The van der Waals surface area contributed by atoms with Gasteiger partial charge in [-0.3, -0.25) is 20.6 Å². The van der Waals surface area contributed by atoms with E-state index in [0.29, 0.717) is 26.3 Å². The van der Waals surface area contributed by atoms with Crippen LogP contribution in [0.1, 0.15) is 10.4 Å². The van der Waals surface area contributed by atoms with Crippen molar-refractivity contribution in [3.8, 4) is 0 Å². The maximum atomic E-state index is 12.2. The van der Waals surface area contributed by atoms with E-state index in [4.69, 9.17) is 34.8 Å². The molecule has 0 atom stereocenters. The van der Waals surface area contributed by atoms with Crippen LogP contribution in [-0.2, 0) is 0 Å². The van der Waals surface area contributed by atoms with E-state index in [2.05, 4.69) is 15.8 Å². The molecular weight excluding hydrogens is 357 g/mol. The molecular formula is C16H10Cl3N3O. The van der Waals surface area contributed by atoms with Gasteiger partial charge in [-0.15, -0.1) is 0 Å². The van der Waals surface area contributed by atoms with E-state index in [1.54, 1.807) is 36.5 Å². The molecule has 0 aliphatic heterocycles. The molecule has 0 bridgehead atoms. The monoisotopic (exact) mass is 365 g/mol. The fourth-order valence-corrected chi connectivity index (χ4v) is 2.53. The Bertz CT molecular complexity index is 899. The SMILES string of the molecule is O=C(NNc1ccnc2cc(Cl)ccc12)c1ccc(Cl)c(Cl)c1. The number of hydrogen-bond donors (Lipinski definition) is 2. The summed E-state index contributed by atoms with van der Waals surface area (Å²) < 4.78 is 0. The van der Waals surface area contributed by atoms with Gasteiger partial charge in [0.25, 0.3) is 5.91 Å². The summed E-state index contributed by atoms with van der Waals surface area (Å²) in [7, 11) is 0. The maximum Gasteiger partial charge on any atom is 0.269 e. The molecule has 3 aromatic rings. The number of nitrogens with one attached hydrogen (secondary N) is 2. The number of hydrazine groups is 1. The van der Waals surface area contributed by atoms with Gasteiger partial charge >= 0.3 is 0 Å². The summed E-state index contributed by atoms with van der Waals surface area (Å²) in [6.07, 6.45) is 1.63. The number of hydrogen-bond acceptors (Lipinski definition) is 3. The van der Waals surface area contributed by atoms with Gasteiger partial charge in [-0.2, -0.15) is 0 Å². The third-order valence-corrected chi connectivity index (χ3v) is 4.17. The Morgan fingerprint density at radius 2 is 1.78 bits per heavy atom. The molecule has 0 saturated heterocycles. The average Bonchev–Trinajstić information content (AvgIpc) is 2.54. The lowest BCUT2D eigenvalue weighted by atomic mass is 10.2. The Morgan fingerprint density at radius 3 is 2.57 bits per heavy atom. The second-order valence-corrected chi connectivity index (χ2v) is 5.98. The smallest absolute Gasteiger partial charge is 0.269 e. The first-order chi connectivity index (χ1) is 11.0. The Labute approximate surface area is 147 Å². The topological polar surface area (TPSA) is 54.0 Å². The number of nitrogens with zero attached hydrogens (tertiary/aromatic N) is 1.